The molecule has 1 aliphatic carbocycles. The van der Waals surface area contributed by atoms with Crippen LogP contribution in [0.3, 0.4) is 0 Å². The molecule has 50 heavy (non-hydrogen) atoms. The van der Waals surface area contributed by atoms with E-state index in [1.54, 1.807) is 36.7 Å². The van der Waals surface area contributed by atoms with Gasteiger partial charge < -0.3 is 20.3 Å². The van der Waals surface area contributed by atoms with E-state index < -0.39 is 17.6 Å². The van der Waals surface area contributed by atoms with Crippen LogP contribution >= 0.6 is 11.6 Å². The molecule has 264 valence electrons. The number of carbonyl (C=O) groups excluding carboxylic acids is 3. The molecule has 1 atom stereocenters. The lowest BCUT2D eigenvalue weighted by molar-refractivity contribution is -0.129. The number of carbonyl (C=O) groups is 3. The van der Waals surface area contributed by atoms with Crippen LogP contribution in [0.4, 0.5) is 16.4 Å². The summed E-state index contributed by atoms with van der Waals surface area (Å²) >= 11 is 5.88. The van der Waals surface area contributed by atoms with E-state index in [-0.39, 0.29) is 35.2 Å². The number of halogens is 1. The molecule has 0 radical (unpaired) electrons. The molecule has 2 aromatic carbocycles. The number of alkyl carbamates (subject to hydrolysis) is 1. The smallest absolute Gasteiger partial charge is 0.407 e. The Balaban J connectivity index is 1.26. The van der Waals surface area contributed by atoms with Gasteiger partial charge in [0.25, 0.3) is 0 Å². The van der Waals surface area contributed by atoms with Crippen molar-refractivity contribution in [2.45, 2.75) is 64.9 Å². The number of H-pyrrole nitrogens is 1. The molecule has 0 bridgehead atoms. The number of hydrogen-bond acceptors (Lipinski definition) is 9. The van der Waals surface area contributed by atoms with Crippen molar-refractivity contribution in [3.05, 3.63) is 71.8 Å². The number of anilines is 2. The SMILES string of the molecule is CN(C)c1ncc(-c2cccc(C[C@H](CC(=O)C3CCC(CNC(=O)OC(C)(C)C)CC3)C(=O)Nc3ccc(-c4n[nH]c(Cl)n4)cc3)c2)cn1. The van der Waals surface area contributed by atoms with E-state index in [2.05, 4.69) is 35.8 Å². The van der Waals surface area contributed by atoms with E-state index in [4.69, 9.17) is 16.3 Å². The molecule has 0 spiro atoms. The third-order valence-electron chi connectivity index (χ3n) is 8.70. The lowest BCUT2D eigenvalue weighted by atomic mass is 9.77. The number of rotatable bonds is 12. The Bertz CT molecular complexity index is 1760. The first-order valence-electron chi connectivity index (χ1n) is 16.9. The summed E-state index contributed by atoms with van der Waals surface area (Å²) in [5.74, 6) is 0.479. The van der Waals surface area contributed by atoms with Gasteiger partial charge in [-0.2, -0.15) is 10.1 Å². The second kappa shape index (κ2) is 16.2. The molecule has 3 N–H and O–H groups in total. The first-order valence-corrected chi connectivity index (χ1v) is 17.3. The van der Waals surface area contributed by atoms with Crippen molar-refractivity contribution < 1.29 is 19.1 Å². The highest BCUT2D eigenvalue weighted by Gasteiger charge is 2.31. The minimum Gasteiger partial charge on any atom is -0.444 e. The van der Waals surface area contributed by atoms with Crippen LogP contribution in [0.15, 0.2) is 60.9 Å². The van der Waals surface area contributed by atoms with E-state index in [1.165, 1.54) is 0 Å². The zero-order chi connectivity index (χ0) is 35.8. The van der Waals surface area contributed by atoms with Crippen molar-refractivity contribution >= 4 is 41.0 Å². The Morgan fingerprint density at radius 1 is 0.980 bits per heavy atom. The van der Waals surface area contributed by atoms with Crippen LogP contribution in [0.5, 0.6) is 0 Å². The summed E-state index contributed by atoms with van der Waals surface area (Å²) < 4.78 is 5.36. The predicted octanol–water partition coefficient (Wildman–Crippen LogP) is 6.74. The number of ether oxygens (including phenoxy) is 1. The van der Waals surface area contributed by atoms with Gasteiger partial charge >= 0.3 is 6.09 Å². The standard InChI is InChI=1S/C37H45ClN8O4/c1-37(2,3)50-36(49)41-20-23-9-11-25(12-10-23)31(47)19-28(33(48)42-30-15-13-26(14-16-30)32-43-34(38)45-44-32)18-24-7-6-8-27(17-24)29-21-39-35(40-22-29)46(4)5/h6-8,13-17,21-23,25,28H,9-12,18-20H2,1-5H3,(H,41,49)(H,42,48)(H,43,44,45)/t23?,25?,28-/m1/s1. The predicted molar refractivity (Wildman–Crippen MR) is 194 cm³/mol. The average Bonchev–Trinajstić information content (AvgIpc) is 3.53. The molecular formula is C37H45ClN8O4. The van der Waals surface area contributed by atoms with Gasteiger partial charge in [0, 0.05) is 68.1 Å². The van der Waals surface area contributed by atoms with Gasteiger partial charge in [-0.3, -0.25) is 9.59 Å². The number of aromatic amines is 1. The summed E-state index contributed by atoms with van der Waals surface area (Å²) in [6.45, 7) is 6.01. The lowest BCUT2D eigenvalue weighted by Gasteiger charge is -2.29. The summed E-state index contributed by atoms with van der Waals surface area (Å²) in [6, 6.07) is 15.1. The molecule has 2 amide bonds. The van der Waals surface area contributed by atoms with Crippen LogP contribution in [0.25, 0.3) is 22.5 Å². The summed E-state index contributed by atoms with van der Waals surface area (Å²) in [5.41, 5.74) is 3.51. The number of nitrogens with zero attached hydrogens (tertiary/aromatic N) is 5. The number of aromatic nitrogens is 5. The number of amides is 2. The Morgan fingerprint density at radius 2 is 1.68 bits per heavy atom. The molecule has 5 rings (SSSR count). The quantitative estimate of drug-likeness (QED) is 0.146. The second-order valence-electron chi connectivity index (χ2n) is 14.1. The van der Waals surface area contributed by atoms with Gasteiger partial charge in [-0.25, -0.2) is 19.9 Å². The van der Waals surface area contributed by atoms with Gasteiger partial charge in [0.1, 0.15) is 11.4 Å². The first kappa shape index (κ1) is 36.4. The summed E-state index contributed by atoms with van der Waals surface area (Å²) in [6.07, 6.45) is 6.72. The van der Waals surface area contributed by atoms with Crippen LogP contribution in [0.1, 0.15) is 58.4 Å². The molecule has 13 heteroatoms. The van der Waals surface area contributed by atoms with Gasteiger partial charge in [0.15, 0.2) is 5.82 Å². The van der Waals surface area contributed by atoms with Crippen molar-refractivity contribution in [2.24, 2.45) is 17.8 Å². The maximum atomic E-state index is 13.9. The minimum atomic E-state index is -0.594. The Labute approximate surface area is 297 Å². The zero-order valence-electron chi connectivity index (χ0n) is 29.2. The largest absolute Gasteiger partial charge is 0.444 e. The number of Topliss-reactive ketones (excluding diaryl/α,β-unsaturated/α-hetero) is 1. The highest BCUT2D eigenvalue weighted by Crippen LogP contribution is 2.32. The fourth-order valence-corrected chi connectivity index (χ4v) is 6.20. The fourth-order valence-electron chi connectivity index (χ4n) is 6.08. The van der Waals surface area contributed by atoms with Gasteiger partial charge in [-0.05, 0) is 106 Å². The van der Waals surface area contributed by atoms with E-state index in [1.807, 2.05) is 64.0 Å². The fraction of sp³-hybridized carbons (Fsp3) is 0.432. The van der Waals surface area contributed by atoms with Crippen LogP contribution in [0.2, 0.25) is 5.28 Å². The molecule has 12 nitrogen and oxygen atoms in total. The summed E-state index contributed by atoms with van der Waals surface area (Å²) in [5, 5.41) is 12.8. The van der Waals surface area contributed by atoms with E-state index in [0.29, 0.717) is 30.4 Å². The maximum Gasteiger partial charge on any atom is 0.407 e. The molecule has 1 aliphatic rings. The van der Waals surface area contributed by atoms with Crippen LogP contribution in [0, 0.1) is 17.8 Å². The van der Waals surface area contributed by atoms with Crippen molar-refractivity contribution in [1.82, 2.24) is 30.5 Å². The Hall–Kier alpha value is -4.84. The summed E-state index contributed by atoms with van der Waals surface area (Å²) in [4.78, 5) is 54.6. The van der Waals surface area contributed by atoms with Crippen molar-refractivity contribution in [3.8, 4) is 22.5 Å². The number of nitrogens with one attached hydrogen (secondary N) is 3. The van der Waals surface area contributed by atoms with Gasteiger partial charge in [0.05, 0.1) is 0 Å². The molecule has 2 aromatic heterocycles. The second-order valence-corrected chi connectivity index (χ2v) is 14.4. The molecule has 0 aliphatic heterocycles. The Morgan fingerprint density at radius 3 is 2.30 bits per heavy atom. The van der Waals surface area contributed by atoms with Gasteiger partial charge in [-0.15, -0.1) is 0 Å². The van der Waals surface area contributed by atoms with Crippen LogP contribution in [-0.2, 0) is 20.7 Å². The molecule has 0 unspecified atom stereocenters. The molecule has 1 saturated carbocycles. The molecule has 0 saturated heterocycles. The lowest BCUT2D eigenvalue weighted by Crippen LogP contribution is -2.37. The van der Waals surface area contributed by atoms with Crippen LogP contribution in [-0.4, -0.2) is 69.2 Å². The third kappa shape index (κ3) is 10.3. The van der Waals surface area contributed by atoms with Gasteiger partial charge in [0.2, 0.25) is 17.1 Å². The zero-order valence-corrected chi connectivity index (χ0v) is 30.0. The van der Waals surface area contributed by atoms with Crippen LogP contribution < -0.4 is 15.5 Å². The van der Waals surface area contributed by atoms with Crippen molar-refractivity contribution in [3.63, 3.8) is 0 Å². The van der Waals surface area contributed by atoms with E-state index >= 15 is 0 Å². The van der Waals surface area contributed by atoms with E-state index in [9.17, 15) is 14.4 Å². The van der Waals surface area contributed by atoms with Gasteiger partial charge in [-0.1, -0.05) is 24.3 Å². The number of benzene rings is 2. The highest BCUT2D eigenvalue weighted by atomic mass is 35.5. The summed E-state index contributed by atoms with van der Waals surface area (Å²) in [7, 11) is 3.77. The van der Waals surface area contributed by atoms with Crippen molar-refractivity contribution in [2.75, 3.05) is 30.9 Å². The normalized spacial score (nSPS) is 16.7. The number of ketones is 1. The number of hydrogen-bond donors (Lipinski definition) is 3. The average molecular weight is 701 g/mol. The topological polar surface area (TPSA) is 155 Å². The molecule has 2 heterocycles. The van der Waals surface area contributed by atoms with E-state index in [0.717, 1.165) is 47.9 Å². The molecular weight excluding hydrogens is 656 g/mol. The third-order valence-corrected chi connectivity index (χ3v) is 8.87. The van der Waals surface area contributed by atoms with Crippen molar-refractivity contribution in [1.29, 1.82) is 0 Å². The first-order chi connectivity index (χ1) is 23.8. The highest BCUT2D eigenvalue weighted by molar-refractivity contribution is 6.28. The maximum absolute atomic E-state index is 13.9. The molecule has 1 fully saturated rings. The minimum absolute atomic E-state index is 0.0874. The molecule has 4 aromatic rings. The Kier molecular flexibility index (Phi) is 11.8. The monoisotopic (exact) mass is 700 g/mol.